The van der Waals surface area contributed by atoms with Gasteiger partial charge in [-0.15, -0.1) is 0 Å². The van der Waals surface area contributed by atoms with Gasteiger partial charge in [-0.3, -0.25) is 9.48 Å². The third-order valence-electron chi connectivity index (χ3n) is 3.76. The summed E-state index contributed by atoms with van der Waals surface area (Å²) in [4.78, 5) is 14.3. The number of halogens is 2. The first-order chi connectivity index (χ1) is 10.1. The molecule has 1 fully saturated rings. The molecule has 1 aliphatic heterocycles. The highest BCUT2D eigenvalue weighted by Crippen LogP contribution is 2.23. The zero-order valence-corrected chi connectivity index (χ0v) is 12.1. The molecule has 6 heteroatoms. The first-order valence-electron chi connectivity index (χ1n) is 6.88. The van der Waals surface area contributed by atoms with E-state index < -0.39 is 5.82 Å². The molecule has 0 aliphatic carbocycles. The molecule has 2 aromatic rings. The second-order valence-corrected chi connectivity index (χ2v) is 5.58. The molecule has 0 radical (unpaired) electrons. The molecular weight excluding hydrogens is 293 g/mol. The molecule has 0 saturated carbocycles. The van der Waals surface area contributed by atoms with Crippen LogP contribution >= 0.6 is 11.6 Å². The number of likely N-dealkylation sites (tertiary alicyclic amines) is 1. The molecule has 21 heavy (non-hydrogen) atoms. The Balaban J connectivity index is 1.79. The third-order valence-corrected chi connectivity index (χ3v) is 3.99. The van der Waals surface area contributed by atoms with Crippen LogP contribution in [0.1, 0.15) is 23.2 Å². The van der Waals surface area contributed by atoms with E-state index in [1.165, 1.54) is 18.2 Å². The van der Waals surface area contributed by atoms with Crippen LogP contribution in [-0.4, -0.2) is 33.2 Å². The van der Waals surface area contributed by atoms with E-state index in [-0.39, 0.29) is 17.5 Å². The van der Waals surface area contributed by atoms with Crippen molar-refractivity contribution in [2.75, 3.05) is 6.54 Å². The van der Waals surface area contributed by atoms with Gasteiger partial charge in [0, 0.05) is 24.0 Å². The summed E-state index contributed by atoms with van der Waals surface area (Å²) in [5.41, 5.74) is 0.0757. The standard InChI is InChI=1S/C15H15ClFN3O/c16-11-4-5-13(14(17)9-11)15(21)20-8-1-3-12(20)10-19-7-2-6-18-19/h2,4-7,9,12H,1,3,8,10H2. The van der Waals surface area contributed by atoms with Gasteiger partial charge in [0.25, 0.3) is 5.91 Å². The number of hydrogen-bond acceptors (Lipinski definition) is 2. The lowest BCUT2D eigenvalue weighted by molar-refractivity contribution is 0.0717. The third kappa shape index (κ3) is 2.93. The zero-order chi connectivity index (χ0) is 14.8. The average molecular weight is 308 g/mol. The van der Waals surface area contributed by atoms with Crippen LogP contribution in [-0.2, 0) is 6.54 Å². The van der Waals surface area contributed by atoms with Crippen molar-refractivity contribution in [3.8, 4) is 0 Å². The van der Waals surface area contributed by atoms with Gasteiger partial charge < -0.3 is 4.90 Å². The van der Waals surface area contributed by atoms with E-state index in [4.69, 9.17) is 11.6 Å². The summed E-state index contributed by atoms with van der Waals surface area (Å²) in [5.74, 6) is -0.851. The van der Waals surface area contributed by atoms with Gasteiger partial charge in [0.05, 0.1) is 18.2 Å². The average Bonchev–Trinajstić information content (AvgIpc) is 3.10. The molecule has 0 spiro atoms. The van der Waals surface area contributed by atoms with Gasteiger partial charge in [0.2, 0.25) is 0 Å². The summed E-state index contributed by atoms with van der Waals surface area (Å²) in [7, 11) is 0. The van der Waals surface area contributed by atoms with E-state index in [2.05, 4.69) is 5.10 Å². The fourth-order valence-corrected chi connectivity index (χ4v) is 2.89. The van der Waals surface area contributed by atoms with Crippen molar-refractivity contribution >= 4 is 17.5 Å². The maximum absolute atomic E-state index is 13.9. The van der Waals surface area contributed by atoms with Crippen LogP contribution in [0.4, 0.5) is 4.39 Å². The number of carbonyl (C=O) groups is 1. The molecule has 1 atom stereocenters. The van der Waals surface area contributed by atoms with Crippen LogP contribution in [0.15, 0.2) is 36.7 Å². The Morgan fingerprint density at radius 3 is 3.05 bits per heavy atom. The Bertz CT molecular complexity index is 644. The lowest BCUT2D eigenvalue weighted by Gasteiger charge is -2.25. The monoisotopic (exact) mass is 307 g/mol. The van der Waals surface area contributed by atoms with Crippen molar-refractivity contribution in [1.82, 2.24) is 14.7 Å². The molecule has 1 aromatic carbocycles. The topological polar surface area (TPSA) is 38.1 Å². The Labute approximate surface area is 127 Å². The Hall–Kier alpha value is -1.88. The lowest BCUT2D eigenvalue weighted by atomic mass is 10.1. The Morgan fingerprint density at radius 2 is 2.33 bits per heavy atom. The number of hydrogen-bond donors (Lipinski definition) is 0. The molecule has 4 nitrogen and oxygen atoms in total. The lowest BCUT2D eigenvalue weighted by Crippen LogP contribution is -2.38. The molecular formula is C15H15ClFN3O. The zero-order valence-electron chi connectivity index (χ0n) is 11.4. The van der Waals surface area contributed by atoms with Crippen molar-refractivity contribution in [3.05, 3.63) is 53.1 Å². The van der Waals surface area contributed by atoms with E-state index >= 15 is 0 Å². The highest BCUT2D eigenvalue weighted by molar-refractivity contribution is 6.30. The van der Waals surface area contributed by atoms with Crippen molar-refractivity contribution in [3.63, 3.8) is 0 Å². The van der Waals surface area contributed by atoms with E-state index in [1.54, 1.807) is 15.8 Å². The molecule has 0 bridgehead atoms. The highest BCUT2D eigenvalue weighted by Gasteiger charge is 2.31. The maximum atomic E-state index is 13.9. The summed E-state index contributed by atoms with van der Waals surface area (Å²) in [6.45, 7) is 1.28. The molecule has 1 unspecified atom stereocenters. The van der Waals surface area contributed by atoms with E-state index in [0.717, 1.165) is 12.8 Å². The molecule has 110 valence electrons. The fourth-order valence-electron chi connectivity index (χ4n) is 2.73. The van der Waals surface area contributed by atoms with Gasteiger partial charge >= 0.3 is 0 Å². The van der Waals surface area contributed by atoms with Crippen LogP contribution in [0.5, 0.6) is 0 Å². The quantitative estimate of drug-likeness (QED) is 0.874. The van der Waals surface area contributed by atoms with Gasteiger partial charge in [-0.1, -0.05) is 11.6 Å². The van der Waals surface area contributed by atoms with Crippen LogP contribution < -0.4 is 0 Å². The normalized spacial score (nSPS) is 18.2. The minimum absolute atomic E-state index is 0.0486. The van der Waals surface area contributed by atoms with Gasteiger partial charge in [-0.25, -0.2) is 4.39 Å². The van der Waals surface area contributed by atoms with E-state index in [9.17, 15) is 9.18 Å². The Morgan fingerprint density at radius 1 is 1.48 bits per heavy atom. The number of nitrogens with zero attached hydrogens (tertiary/aromatic N) is 3. The molecule has 3 rings (SSSR count). The van der Waals surface area contributed by atoms with Crippen molar-refractivity contribution in [2.45, 2.75) is 25.4 Å². The largest absolute Gasteiger partial charge is 0.334 e. The summed E-state index contributed by atoms with van der Waals surface area (Å²) in [5, 5.41) is 4.45. The number of aromatic nitrogens is 2. The van der Waals surface area contributed by atoms with Crippen molar-refractivity contribution in [2.24, 2.45) is 0 Å². The highest BCUT2D eigenvalue weighted by atomic mass is 35.5. The molecule has 1 saturated heterocycles. The second-order valence-electron chi connectivity index (χ2n) is 5.15. The molecule has 2 heterocycles. The first kappa shape index (κ1) is 14.1. The number of rotatable bonds is 3. The van der Waals surface area contributed by atoms with Gasteiger partial charge in [-0.2, -0.15) is 5.10 Å². The number of carbonyl (C=O) groups excluding carboxylic acids is 1. The van der Waals surface area contributed by atoms with Gasteiger partial charge in [-0.05, 0) is 37.1 Å². The van der Waals surface area contributed by atoms with Crippen molar-refractivity contribution in [1.29, 1.82) is 0 Å². The summed E-state index contributed by atoms with van der Waals surface area (Å²) < 4.78 is 15.7. The summed E-state index contributed by atoms with van der Waals surface area (Å²) in [6, 6.07) is 6.06. The first-order valence-corrected chi connectivity index (χ1v) is 7.26. The molecule has 1 aliphatic rings. The maximum Gasteiger partial charge on any atom is 0.257 e. The minimum atomic E-state index is -0.572. The fraction of sp³-hybridized carbons (Fsp3) is 0.333. The molecule has 1 amide bonds. The minimum Gasteiger partial charge on any atom is -0.334 e. The SMILES string of the molecule is O=C(c1ccc(Cl)cc1F)N1CCCC1Cn1cccn1. The number of amides is 1. The second kappa shape index (κ2) is 5.85. The molecule has 0 N–H and O–H groups in total. The van der Waals surface area contributed by atoms with Crippen LogP contribution in [0.2, 0.25) is 5.02 Å². The molecule has 1 aromatic heterocycles. The summed E-state index contributed by atoms with van der Waals surface area (Å²) >= 11 is 5.73. The van der Waals surface area contributed by atoms with Gasteiger partial charge in [0.1, 0.15) is 5.82 Å². The predicted molar refractivity (Wildman–Crippen MR) is 77.7 cm³/mol. The van der Waals surface area contributed by atoms with Gasteiger partial charge in [0.15, 0.2) is 0 Å². The van der Waals surface area contributed by atoms with Crippen LogP contribution in [0.3, 0.4) is 0 Å². The van der Waals surface area contributed by atoms with E-state index in [1.807, 2.05) is 12.3 Å². The predicted octanol–water partition coefficient (Wildman–Crippen LogP) is 2.98. The summed E-state index contributed by atoms with van der Waals surface area (Å²) in [6.07, 6.45) is 5.40. The van der Waals surface area contributed by atoms with Crippen LogP contribution in [0, 0.1) is 5.82 Å². The number of benzene rings is 1. The van der Waals surface area contributed by atoms with Crippen molar-refractivity contribution < 1.29 is 9.18 Å². The van der Waals surface area contributed by atoms with E-state index in [0.29, 0.717) is 18.1 Å². The smallest absolute Gasteiger partial charge is 0.257 e. The Kier molecular flexibility index (Phi) is 3.92. The van der Waals surface area contributed by atoms with Crippen LogP contribution in [0.25, 0.3) is 0 Å².